The van der Waals surface area contributed by atoms with Crippen LogP contribution in [0.5, 0.6) is 0 Å². The van der Waals surface area contributed by atoms with E-state index in [0.717, 1.165) is 33.1 Å². The summed E-state index contributed by atoms with van der Waals surface area (Å²) in [5.41, 5.74) is 9.05. The van der Waals surface area contributed by atoms with E-state index in [1.165, 1.54) is 33.0 Å². The fourth-order valence-electron chi connectivity index (χ4n) is 5.09. The minimum atomic E-state index is 0.920. The summed E-state index contributed by atoms with van der Waals surface area (Å²) in [6.07, 6.45) is 0. The zero-order valence-electron chi connectivity index (χ0n) is 18.2. The average molecular weight is 424 g/mol. The Bertz CT molecular complexity index is 1820. The number of nitrogens with zero attached hydrogens (tertiary/aromatic N) is 1. The van der Waals surface area contributed by atoms with Gasteiger partial charge in [0.1, 0.15) is 11.2 Å². The summed E-state index contributed by atoms with van der Waals surface area (Å²) in [5, 5.41) is 4.81. The summed E-state index contributed by atoms with van der Waals surface area (Å²) < 4.78 is 8.62. The summed E-state index contributed by atoms with van der Waals surface area (Å²) in [6.45, 7) is 2.14. The lowest BCUT2D eigenvalue weighted by atomic mass is 10.0. The molecule has 2 heterocycles. The fraction of sp³-hybridized carbons (Fsp3) is 0.0323. The van der Waals surface area contributed by atoms with Crippen LogP contribution in [0.25, 0.3) is 60.6 Å². The summed E-state index contributed by atoms with van der Waals surface area (Å²) in [7, 11) is 0. The maximum atomic E-state index is 6.25. The molecule has 0 fully saturated rings. The molecular formula is C31H21NO. The third kappa shape index (κ3) is 2.74. The van der Waals surface area contributed by atoms with Crippen molar-refractivity contribution in [3.8, 4) is 16.8 Å². The van der Waals surface area contributed by atoms with Crippen LogP contribution < -0.4 is 0 Å². The normalized spacial score (nSPS) is 11.8. The van der Waals surface area contributed by atoms with Gasteiger partial charge in [0.05, 0.1) is 11.0 Å². The van der Waals surface area contributed by atoms with Crippen LogP contribution in [0.15, 0.2) is 114 Å². The van der Waals surface area contributed by atoms with Crippen molar-refractivity contribution in [1.29, 1.82) is 0 Å². The first-order chi connectivity index (χ1) is 16.3. The van der Waals surface area contributed by atoms with Gasteiger partial charge in [-0.15, -0.1) is 0 Å². The molecule has 7 rings (SSSR count). The fourth-order valence-corrected chi connectivity index (χ4v) is 5.09. The van der Waals surface area contributed by atoms with E-state index in [1.807, 2.05) is 12.1 Å². The molecule has 0 saturated carbocycles. The standard InChI is InChI=1S/C31H21NO/c1-20-8-7-11-23(16-20)32-28-17-22(21-9-3-2-4-10-21)14-15-24(28)26-18-27-25-12-5-6-13-30(25)33-31(27)19-29(26)32/h2-19H,1H3. The van der Waals surface area contributed by atoms with Crippen LogP contribution in [-0.2, 0) is 0 Å². The van der Waals surface area contributed by atoms with Crippen molar-refractivity contribution >= 4 is 43.7 Å². The topological polar surface area (TPSA) is 18.1 Å². The van der Waals surface area contributed by atoms with Crippen molar-refractivity contribution in [2.75, 3.05) is 0 Å². The molecule has 7 aromatic rings. The second-order valence-electron chi connectivity index (χ2n) is 8.74. The van der Waals surface area contributed by atoms with Gasteiger partial charge in [-0.25, -0.2) is 0 Å². The predicted molar refractivity (Wildman–Crippen MR) is 138 cm³/mol. The Morgan fingerprint density at radius 3 is 2.21 bits per heavy atom. The van der Waals surface area contributed by atoms with Crippen molar-refractivity contribution in [2.24, 2.45) is 0 Å². The summed E-state index contributed by atoms with van der Waals surface area (Å²) >= 11 is 0. The van der Waals surface area contributed by atoms with Gasteiger partial charge < -0.3 is 8.98 Å². The van der Waals surface area contributed by atoms with Gasteiger partial charge in [0.2, 0.25) is 0 Å². The van der Waals surface area contributed by atoms with E-state index in [4.69, 9.17) is 4.42 Å². The molecule has 0 atom stereocenters. The number of hydrogen-bond donors (Lipinski definition) is 0. The molecule has 33 heavy (non-hydrogen) atoms. The van der Waals surface area contributed by atoms with Crippen molar-refractivity contribution in [3.63, 3.8) is 0 Å². The van der Waals surface area contributed by atoms with Gasteiger partial charge in [0, 0.05) is 33.3 Å². The van der Waals surface area contributed by atoms with Crippen LogP contribution in [-0.4, -0.2) is 4.57 Å². The van der Waals surface area contributed by atoms with Crippen LogP contribution >= 0.6 is 0 Å². The second kappa shape index (κ2) is 6.85. The molecule has 0 aliphatic rings. The molecule has 0 bridgehead atoms. The Kier molecular flexibility index (Phi) is 3.80. The van der Waals surface area contributed by atoms with Crippen molar-refractivity contribution in [3.05, 3.63) is 115 Å². The van der Waals surface area contributed by atoms with E-state index < -0.39 is 0 Å². The number of hydrogen-bond acceptors (Lipinski definition) is 1. The van der Waals surface area contributed by atoms with Crippen LogP contribution in [0.3, 0.4) is 0 Å². The number of para-hydroxylation sites is 1. The third-order valence-corrected chi connectivity index (χ3v) is 6.63. The summed E-state index contributed by atoms with van der Waals surface area (Å²) in [6, 6.07) is 38.9. The predicted octanol–water partition coefficient (Wildman–Crippen LogP) is 8.66. The zero-order chi connectivity index (χ0) is 21.9. The average Bonchev–Trinajstić information content (AvgIpc) is 3.37. The Morgan fingerprint density at radius 2 is 1.33 bits per heavy atom. The molecule has 2 aromatic heterocycles. The van der Waals surface area contributed by atoms with Crippen molar-refractivity contribution in [2.45, 2.75) is 6.92 Å². The number of aromatic nitrogens is 1. The van der Waals surface area contributed by atoms with Crippen LogP contribution in [0, 0.1) is 6.92 Å². The molecule has 0 spiro atoms. The highest BCUT2D eigenvalue weighted by Gasteiger charge is 2.17. The molecule has 0 saturated heterocycles. The van der Waals surface area contributed by atoms with Gasteiger partial charge in [0.25, 0.3) is 0 Å². The van der Waals surface area contributed by atoms with Gasteiger partial charge in [0.15, 0.2) is 0 Å². The van der Waals surface area contributed by atoms with Gasteiger partial charge in [-0.2, -0.15) is 0 Å². The van der Waals surface area contributed by atoms with E-state index in [9.17, 15) is 0 Å². The van der Waals surface area contributed by atoms with E-state index >= 15 is 0 Å². The summed E-state index contributed by atoms with van der Waals surface area (Å²) in [4.78, 5) is 0. The van der Waals surface area contributed by atoms with Gasteiger partial charge in [-0.1, -0.05) is 72.8 Å². The molecule has 0 amide bonds. The molecule has 0 aliphatic heterocycles. The Morgan fingerprint density at radius 1 is 0.515 bits per heavy atom. The van der Waals surface area contributed by atoms with Crippen LogP contribution in [0.4, 0.5) is 0 Å². The lowest BCUT2D eigenvalue weighted by Crippen LogP contribution is -1.94. The number of benzene rings is 5. The maximum Gasteiger partial charge on any atom is 0.137 e. The molecule has 156 valence electrons. The monoisotopic (exact) mass is 423 g/mol. The largest absolute Gasteiger partial charge is 0.456 e. The highest BCUT2D eigenvalue weighted by molar-refractivity contribution is 6.17. The van der Waals surface area contributed by atoms with E-state index in [-0.39, 0.29) is 0 Å². The highest BCUT2D eigenvalue weighted by atomic mass is 16.3. The molecule has 2 heteroatoms. The maximum absolute atomic E-state index is 6.25. The van der Waals surface area contributed by atoms with Gasteiger partial charge in [-0.05, 0) is 53.9 Å². The summed E-state index contributed by atoms with van der Waals surface area (Å²) in [5.74, 6) is 0. The van der Waals surface area contributed by atoms with Crippen molar-refractivity contribution in [1.82, 2.24) is 4.57 Å². The molecule has 0 radical (unpaired) electrons. The van der Waals surface area contributed by atoms with Crippen LogP contribution in [0.2, 0.25) is 0 Å². The van der Waals surface area contributed by atoms with E-state index in [0.29, 0.717) is 0 Å². The molecule has 5 aromatic carbocycles. The first-order valence-electron chi connectivity index (χ1n) is 11.3. The van der Waals surface area contributed by atoms with Crippen LogP contribution in [0.1, 0.15) is 5.56 Å². The quantitative estimate of drug-likeness (QED) is 0.272. The highest BCUT2D eigenvalue weighted by Crippen LogP contribution is 2.39. The van der Waals surface area contributed by atoms with E-state index in [2.05, 4.69) is 109 Å². The molecule has 0 N–H and O–H groups in total. The number of furan rings is 1. The first kappa shape index (κ1) is 18.3. The minimum absolute atomic E-state index is 0.920. The minimum Gasteiger partial charge on any atom is -0.456 e. The lowest BCUT2D eigenvalue weighted by molar-refractivity contribution is 0.669. The molecule has 2 nitrogen and oxygen atoms in total. The zero-order valence-corrected chi connectivity index (χ0v) is 18.2. The third-order valence-electron chi connectivity index (χ3n) is 6.63. The number of fused-ring (bicyclic) bond motifs is 6. The second-order valence-corrected chi connectivity index (χ2v) is 8.74. The lowest BCUT2D eigenvalue weighted by Gasteiger charge is -2.10. The molecular weight excluding hydrogens is 402 g/mol. The Balaban J connectivity index is 1.63. The number of rotatable bonds is 2. The SMILES string of the molecule is Cc1cccc(-n2c3cc(-c4ccccc4)ccc3c3cc4c(cc32)oc2ccccc24)c1. The number of aryl methyl sites for hydroxylation is 1. The van der Waals surface area contributed by atoms with Gasteiger partial charge >= 0.3 is 0 Å². The molecule has 0 aliphatic carbocycles. The van der Waals surface area contributed by atoms with Gasteiger partial charge in [-0.3, -0.25) is 0 Å². The first-order valence-corrected chi connectivity index (χ1v) is 11.3. The Labute approximate surface area is 191 Å². The van der Waals surface area contributed by atoms with E-state index in [1.54, 1.807) is 0 Å². The smallest absolute Gasteiger partial charge is 0.137 e. The Hall–Kier alpha value is -4.30. The van der Waals surface area contributed by atoms with Crippen molar-refractivity contribution < 1.29 is 4.42 Å². The molecule has 0 unspecified atom stereocenters.